The molecule has 1 aromatic carbocycles. The molecule has 9 nitrogen and oxygen atoms in total. The standard InChI is InChI=1S/C18H17ClN2O7/c1-26-14-5-4-11(7-12(14)19)13(22)10-28-17(24)9-20-16(23)8-21-18(25)15-3-2-6-27-15/h2-7H,8-10H2,1H3,(H,20,23)(H,21,25). The van der Waals surface area contributed by atoms with E-state index in [4.69, 9.17) is 25.5 Å². The Labute approximate surface area is 164 Å². The fraction of sp³-hybridized carbons (Fsp3) is 0.222. The minimum absolute atomic E-state index is 0.0596. The molecule has 0 saturated heterocycles. The van der Waals surface area contributed by atoms with E-state index < -0.39 is 36.7 Å². The maximum atomic E-state index is 12.0. The van der Waals surface area contributed by atoms with Gasteiger partial charge in [0.15, 0.2) is 18.2 Å². The van der Waals surface area contributed by atoms with Crippen molar-refractivity contribution in [2.75, 3.05) is 26.8 Å². The van der Waals surface area contributed by atoms with E-state index in [0.717, 1.165) is 0 Å². The third-order valence-electron chi connectivity index (χ3n) is 3.42. The highest BCUT2D eigenvalue weighted by molar-refractivity contribution is 6.32. The summed E-state index contributed by atoms with van der Waals surface area (Å²) in [6.07, 6.45) is 1.33. The molecule has 0 bridgehead atoms. The zero-order valence-corrected chi connectivity index (χ0v) is 15.6. The van der Waals surface area contributed by atoms with Gasteiger partial charge in [-0.1, -0.05) is 11.6 Å². The highest BCUT2D eigenvalue weighted by Gasteiger charge is 2.14. The Morgan fingerprint density at radius 3 is 2.54 bits per heavy atom. The normalized spacial score (nSPS) is 10.1. The van der Waals surface area contributed by atoms with E-state index in [1.54, 1.807) is 0 Å². The van der Waals surface area contributed by atoms with Gasteiger partial charge in [-0.05, 0) is 30.3 Å². The van der Waals surface area contributed by atoms with Crippen molar-refractivity contribution in [3.05, 3.63) is 52.9 Å². The number of halogens is 1. The molecular formula is C18H17ClN2O7. The summed E-state index contributed by atoms with van der Waals surface area (Å²) in [4.78, 5) is 46.9. The van der Waals surface area contributed by atoms with Gasteiger partial charge in [-0.3, -0.25) is 19.2 Å². The summed E-state index contributed by atoms with van der Waals surface area (Å²) in [7, 11) is 1.45. The second kappa shape index (κ2) is 10.1. The molecule has 0 aliphatic rings. The number of carbonyl (C=O) groups excluding carboxylic acids is 4. The summed E-state index contributed by atoms with van der Waals surface area (Å²) in [5.41, 5.74) is 0.253. The van der Waals surface area contributed by atoms with Crippen LogP contribution in [0, 0.1) is 0 Å². The predicted molar refractivity (Wildman–Crippen MR) is 97.3 cm³/mol. The lowest BCUT2D eigenvalue weighted by Gasteiger charge is -2.08. The molecule has 0 fully saturated rings. The number of carbonyl (C=O) groups is 4. The van der Waals surface area contributed by atoms with Crippen LogP contribution in [0.25, 0.3) is 0 Å². The molecule has 28 heavy (non-hydrogen) atoms. The summed E-state index contributed by atoms with van der Waals surface area (Å²) in [5.74, 6) is -1.97. The minimum atomic E-state index is -0.807. The fourth-order valence-electron chi connectivity index (χ4n) is 2.01. The van der Waals surface area contributed by atoms with Crippen LogP contribution in [0.4, 0.5) is 0 Å². The Balaban J connectivity index is 1.69. The van der Waals surface area contributed by atoms with Crippen LogP contribution in [0.5, 0.6) is 5.75 Å². The number of hydrogen-bond donors (Lipinski definition) is 2. The number of ketones is 1. The predicted octanol–water partition coefficient (Wildman–Crippen LogP) is 1.21. The van der Waals surface area contributed by atoms with Gasteiger partial charge in [0.05, 0.1) is 24.9 Å². The average molecular weight is 409 g/mol. The van der Waals surface area contributed by atoms with E-state index in [0.29, 0.717) is 5.75 Å². The fourth-order valence-corrected chi connectivity index (χ4v) is 2.27. The summed E-state index contributed by atoms with van der Waals surface area (Å²) in [5, 5.41) is 4.84. The first-order valence-electron chi connectivity index (χ1n) is 8.01. The Morgan fingerprint density at radius 2 is 1.89 bits per heavy atom. The van der Waals surface area contributed by atoms with E-state index in [2.05, 4.69) is 10.6 Å². The zero-order valence-electron chi connectivity index (χ0n) is 14.8. The SMILES string of the molecule is COc1ccc(C(=O)COC(=O)CNC(=O)CNC(=O)c2ccco2)cc1Cl. The highest BCUT2D eigenvalue weighted by atomic mass is 35.5. The van der Waals surface area contributed by atoms with Crippen LogP contribution in [0.1, 0.15) is 20.9 Å². The molecule has 2 rings (SSSR count). The molecule has 0 unspecified atom stereocenters. The molecule has 0 saturated carbocycles. The Bertz CT molecular complexity index is 865. The zero-order chi connectivity index (χ0) is 20.5. The summed E-state index contributed by atoms with van der Waals surface area (Å²) < 4.78 is 14.7. The molecule has 0 radical (unpaired) electrons. The van der Waals surface area contributed by atoms with Crippen molar-refractivity contribution in [1.82, 2.24) is 10.6 Å². The molecule has 0 spiro atoms. The second-order valence-electron chi connectivity index (χ2n) is 5.37. The van der Waals surface area contributed by atoms with Crippen LogP contribution in [0.2, 0.25) is 5.02 Å². The van der Waals surface area contributed by atoms with E-state index in [-0.39, 0.29) is 22.9 Å². The molecule has 1 aromatic heterocycles. The van der Waals surface area contributed by atoms with E-state index >= 15 is 0 Å². The van der Waals surface area contributed by atoms with Gasteiger partial charge in [0, 0.05) is 5.56 Å². The third kappa shape index (κ3) is 6.13. The number of esters is 1. The summed E-state index contributed by atoms with van der Waals surface area (Å²) >= 11 is 5.94. The van der Waals surface area contributed by atoms with Crippen LogP contribution in [-0.4, -0.2) is 50.4 Å². The number of furan rings is 1. The number of ether oxygens (including phenoxy) is 2. The molecule has 0 atom stereocenters. The molecule has 2 aromatic rings. The maximum absolute atomic E-state index is 12.0. The topological polar surface area (TPSA) is 124 Å². The monoisotopic (exact) mass is 408 g/mol. The van der Waals surface area contributed by atoms with Gasteiger partial charge in [0.25, 0.3) is 5.91 Å². The first kappa shape index (κ1) is 21.0. The minimum Gasteiger partial charge on any atom is -0.495 e. The number of rotatable bonds is 9. The van der Waals surface area contributed by atoms with Crippen LogP contribution in [0.15, 0.2) is 41.0 Å². The van der Waals surface area contributed by atoms with Gasteiger partial charge >= 0.3 is 5.97 Å². The van der Waals surface area contributed by atoms with Crippen molar-refractivity contribution in [3.63, 3.8) is 0 Å². The lowest BCUT2D eigenvalue weighted by Crippen LogP contribution is -2.39. The third-order valence-corrected chi connectivity index (χ3v) is 3.72. The van der Waals surface area contributed by atoms with Crippen molar-refractivity contribution in [2.24, 2.45) is 0 Å². The highest BCUT2D eigenvalue weighted by Crippen LogP contribution is 2.25. The molecule has 2 N–H and O–H groups in total. The molecule has 148 valence electrons. The Morgan fingerprint density at radius 1 is 1.11 bits per heavy atom. The Kier molecular flexibility index (Phi) is 7.58. The molecule has 0 aliphatic heterocycles. The van der Waals surface area contributed by atoms with Gasteiger partial charge in [-0.2, -0.15) is 0 Å². The van der Waals surface area contributed by atoms with Crippen molar-refractivity contribution < 1.29 is 33.1 Å². The quantitative estimate of drug-likeness (QED) is 0.472. The van der Waals surface area contributed by atoms with Gasteiger partial charge < -0.3 is 24.5 Å². The van der Waals surface area contributed by atoms with Gasteiger partial charge in [0.2, 0.25) is 5.91 Å². The molecule has 0 aliphatic carbocycles. The molecule has 1 heterocycles. The first-order valence-corrected chi connectivity index (χ1v) is 8.39. The van der Waals surface area contributed by atoms with Crippen LogP contribution >= 0.6 is 11.6 Å². The van der Waals surface area contributed by atoms with Gasteiger partial charge in [-0.15, -0.1) is 0 Å². The number of benzene rings is 1. The second-order valence-corrected chi connectivity index (χ2v) is 5.78. The van der Waals surface area contributed by atoms with E-state index in [1.807, 2.05) is 0 Å². The number of amides is 2. The largest absolute Gasteiger partial charge is 0.495 e. The van der Waals surface area contributed by atoms with Crippen LogP contribution in [0.3, 0.4) is 0 Å². The van der Waals surface area contributed by atoms with Gasteiger partial charge in [0.1, 0.15) is 12.3 Å². The average Bonchev–Trinajstić information content (AvgIpc) is 3.23. The maximum Gasteiger partial charge on any atom is 0.325 e. The number of methoxy groups -OCH3 is 1. The summed E-state index contributed by atoms with van der Waals surface area (Å²) in [6, 6.07) is 7.39. The molecular weight excluding hydrogens is 392 g/mol. The smallest absolute Gasteiger partial charge is 0.325 e. The molecule has 10 heteroatoms. The Hall–Kier alpha value is -3.33. The van der Waals surface area contributed by atoms with Crippen molar-refractivity contribution in [3.8, 4) is 5.75 Å². The lowest BCUT2D eigenvalue weighted by molar-refractivity contribution is -0.142. The number of nitrogens with one attached hydrogen (secondary N) is 2. The number of hydrogen-bond acceptors (Lipinski definition) is 7. The van der Waals surface area contributed by atoms with E-state index in [1.165, 1.54) is 43.7 Å². The van der Waals surface area contributed by atoms with E-state index in [9.17, 15) is 19.2 Å². The molecule has 2 amide bonds. The van der Waals surface area contributed by atoms with Crippen LogP contribution < -0.4 is 15.4 Å². The summed E-state index contributed by atoms with van der Waals surface area (Å²) in [6.45, 7) is -1.31. The number of Topliss-reactive ketones (excluding diaryl/α,β-unsaturated/α-hetero) is 1. The van der Waals surface area contributed by atoms with Crippen molar-refractivity contribution in [1.29, 1.82) is 0 Å². The lowest BCUT2D eigenvalue weighted by atomic mass is 10.1. The first-order chi connectivity index (χ1) is 13.4. The van der Waals surface area contributed by atoms with Crippen LogP contribution in [-0.2, 0) is 14.3 Å². The van der Waals surface area contributed by atoms with Gasteiger partial charge in [-0.25, -0.2) is 0 Å². The van der Waals surface area contributed by atoms with Crippen molar-refractivity contribution >= 4 is 35.2 Å². The van der Waals surface area contributed by atoms with Crippen molar-refractivity contribution in [2.45, 2.75) is 0 Å².